The van der Waals surface area contributed by atoms with Crippen molar-refractivity contribution in [2.45, 2.75) is 20.3 Å². The number of halogens is 1. The lowest BCUT2D eigenvalue weighted by atomic mass is 10.1. The summed E-state index contributed by atoms with van der Waals surface area (Å²) in [6.07, 6.45) is 1.02. The summed E-state index contributed by atoms with van der Waals surface area (Å²) in [6.45, 7) is 5.93. The van der Waals surface area contributed by atoms with Crippen LogP contribution in [0.1, 0.15) is 30.6 Å². The highest BCUT2D eigenvalue weighted by Crippen LogP contribution is 2.23. The minimum absolute atomic E-state index is 0.0322. The number of aromatic hydroxyl groups is 1. The Bertz CT molecular complexity index is 421. The Morgan fingerprint density at radius 2 is 2.16 bits per heavy atom. The van der Waals surface area contributed by atoms with Crippen LogP contribution < -0.4 is 5.32 Å². The SMILES string of the molecule is CC(C)CCOCCNC(=O)c1ccc(O)c(Cl)c1. The van der Waals surface area contributed by atoms with Crippen molar-refractivity contribution in [1.82, 2.24) is 5.32 Å². The van der Waals surface area contributed by atoms with E-state index in [0.29, 0.717) is 31.2 Å². The lowest BCUT2D eigenvalue weighted by Gasteiger charge is -2.08. The van der Waals surface area contributed by atoms with Gasteiger partial charge in [-0.05, 0) is 30.5 Å². The molecule has 0 fully saturated rings. The summed E-state index contributed by atoms with van der Waals surface area (Å²) >= 11 is 5.74. The van der Waals surface area contributed by atoms with Crippen molar-refractivity contribution in [3.05, 3.63) is 28.8 Å². The molecule has 2 N–H and O–H groups in total. The zero-order chi connectivity index (χ0) is 14.3. The van der Waals surface area contributed by atoms with E-state index in [9.17, 15) is 9.90 Å². The first-order chi connectivity index (χ1) is 9.00. The van der Waals surface area contributed by atoms with Gasteiger partial charge in [-0.25, -0.2) is 0 Å². The third-order valence-electron chi connectivity index (χ3n) is 2.58. The Balaban J connectivity index is 2.26. The number of phenols is 1. The van der Waals surface area contributed by atoms with Crippen molar-refractivity contribution in [2.24, 2.45) is 5.92 Å². The van der Waals surface area contributed by atoms with Crippen LogP contribution in [0.4, 0.5) is 0 Å². The van der Waals surface area contributed by atoms with Crippen LogP contribution in [0.25, 0.3) is 0 Å². The minimum Gasteiger partial charge on any atom is -0.506 e. The van der Waals surface area contributed by atoms with Crippen molar-refractivity contribution in [1.29, 1.82) is 0 Å². The van der Waals surface area contributed by atoms with Crippen LogP contribution in [0.5, 0.6) is 5.75 Å². The van der Waals surface area contributed by atoms with Crippen LogP contribution in [0.2, 0.25) is 5.02 Å². The number of carbonyl (C=O) groups is 1. The number of carbonyl (C=O) groups excluding carboxylic acids is 1. The number of phenolic OH excluding ortho intramolecular Hbond substituents is 1. The third kappa shape index (κ3) is 5.94. The van der Waals surface area contributed by atoms with Gasteiger partial charge in [-0.1, -0.05) is 25.4 Å². The van der Waals surface area contributed by atoms with Crippen molar-refractivity contribution >= 4 is 17.5 Å². The molecular formula is C14H20ClNO3. The van der Waals surface area contributed by atoms with Crippen LogP contribution >= 0.6 is 11.6 Å². The van der Waals surface area contributed by atoms with Gasteiger partial charge >= 0.3 is 0 Å². The molecule has 0 unspecified atom stereocenters. The molecule has 0 aliphatic carbocycles. The van der Waals surface area contributed by atoms with E-state index in [-0.39, 0.29) is 16.7 Å². The maximum atomic E-state index is 11.7. The monoisotopic (exact) mass is 285 g/mol. The Hall–Kier alpha value is -1.26. The molecule has 19 heavy (non-hydrogen) atoms. The predicted molar refractivity (Wildman–Crippen MR) is 75.7 cm³/mol. The smallest absolute Gasteiger partial charge is 0.251 e. The third-order valence-corrected chi connectivity index (χ3v) is 2.88. The maximum absolute atomic E-state index is 11.7. The molecule has 0 bridgehead atoms. The van der Waals surface area contributed by atoms with E-state index >= 15 is 0 Å². The second-order valence-electron chi connectivity index (χ2n) is 4.72. The molecule has 1 rings (SSSR count). The van der Waals surface area contributed by atoms with Crippen molar-refractivity contribution in [3.63, 3.8) is 0 Å². The van der Waals surface area contributed by atoms with E-state index in [2.05, 4.69) is 19.2 Å². The summed E-state index contributed by atoms with van der Waals surface area (Å²) in [6, 6.07) is 4.36. The summed E-state index contributed by atoms with van der Waals surface area (Å²) in [5.74, 6) is 0.360. The summed E-state index contributed by atoms with van der Waals surface area (Å²) in [4.78, 5) is 11.7. The number of ether oxygens (including phenoxy) is 1. The molecule has 0 aliphatic rings. The molecule has 106 valence electrons. The van der Waals surface area contributed by atoms with Crippen LogP contribution in [-0.4, -0.2) is 30.8 Å². The largest absolute Gasteiger partial charge is 0.506 e. The molecule has 1 amide bonds. The molecular weight excluding hydrogens is 266 g/mol. The molecule has 1 aromatic rings. The van der Waals surface area contributed by atoms with Gasteiger partial charge in [0, 0.05) is 18.7 Å². The first-order valence-electron chi connectivity index (χ1n) is 6.35. The quantitative estimate of drug-likeness (QED) is 0.758. The fourth-order valence-corrected chi connectivity index (χ4v) is 1.59. The Labute approximate surface area is 118 Å². The number of hydrogen-bond acceptors (Lipinski definition) is 3. The fraction of sp³-hybridized carbons (Fsp3) is 0.500. The summed E-state index contributed by atoms with van der Waals surface area (Å²) in [5.41, 5.74) is 0.421. The number of rotatable bonds is 7. The molecule has 0 atom stereocenters. The second-order valence-corrected chi connectivity index (χ2v) is 5.12. The second kappa shape index (κ2) is 8.02. The first-order valence-corrected chi connectivity index (χ1v) is 6.73. The summed E-state index contributed by atoms with van der Waals surface area (Å²) < 4.78 is 5.39. The fourth-order valence-electron chi connectivity index (χ4n) is 1.41. The van der Waals surface area contributed by atoms with Crippen LogP contribution in [0, 0.1) is 5.92 Å². The average molecular weight is 286 g/mol. The Morgan fingerprint density at radius 1 is 1.42 bits per heavy atom. The highest BCUT2D eigenvalue weighted by Gasteiger charge is 2.07. The highest BCUT2D eigenvalue weighted by atomic mass is 35.5. The van der Waals surface area contributed by atoms with Gasteiger partial charge in [-0.15, -0.1) is 0 Å². The van der Waals surface area contributed by atoms with Gasteiger partial charge in [-0.3, -0.25) is 4.79 Å². The zero-order valence-electron chi connectivity index (χ0n) is 11.3. The molecule has 0 spiro atoms. The van der Waals surface area contributed by atoms with E-state index in [1.807, 2.05) is 0 Å². The number of benzene rings is 1. The number of hydrogen-bond donors (Lipinski definition) is 2. The van der Waals surface area contributed by atoms with E-state index in [1.165, 1.54) is 18.2 Å². The van der Waals surface area contributed by atoms with Gasteiger partial charge in [0.1, 0.15) is 5.75 Å². The molecule has 0 aromatic heterocycles. The molecule has 1 aromatic carbocycles. The standard InChI is InChI=1S/C14H20ClNO3/c1-10(2)5-7-19-8-6-16-14(18)11-3-4-13(17)12(15)9-11/h3-4,9-10,17H,5-8H2,1-2H3,(H,16,18). The normalized spacial score (nSPS) is 10.7. The van der Waals surface area contributed by atoms with E-state index in [0.717, 1.165) is 6.42 Å². The molecule has 0 aliphatic heterocycles. The maximum Gasteiger partial charge on any atom is 0.251 e. The van der Waals surface area contributed by atoms with Gasteiger partial charge in [0.25, 0.3) is 5.91 Å². The molecule has 0 heterocycles. The van der Waals surface area contributed by atoms with Crippen LogP contribution in [0.15, 0.2) is 18.2 Å². The Morgan fingerprint density at radius 3 is 2.79 bits per heavy atom. The molecule has 0 saturated carbocycles. The highest BCUT2D eigenvalue weighted by molar-refractivity contribution is 6.32. The van der Waals surface area contributed by atoms with Crippen LogP contribution in [-0.2, 0) is 4.74 Å². The Kier molecular flexibility index (Phi) is 6.67. The zero-order valence-corrected chi connectivity index (χ0v) is 12.0. The van der Waals surface area contributed by atoms with E-state index < -0.39 is 0 Å². The van der Waals surface area contributed by atoms with Crippen molar-refractivity contribution in [2.75, 3.05) is 19.8 Å². The lowest BCUT2D eigenvalue weighted by Crippen LogP contribution is -2.27. The minimum atomic E-state index is -0.227. The van der Waals surface area contributed by atoms with E-state index in [1.54, 1.807) is 0 Å². The van der Waals surface area contributed by atoms with Gasteiger partial charge in [0.15, 0.2) is 0 Å². The van der Waals surface area contributed by atoms with Gasteiger partial charge in [-0.2, -0.15) is 0 Å². The molecule has 5 heteroatoms. The van der Waals surface area contributed by atoms with Gasteiger partial charge in [0.2, 0.25) is 0 Å². The van der Waals surface area contributed by atoms with Crippen molar-refractivity contribution in [3.8, 4) is 5.75 Å². The topological polar surface area (TPSA) is 58.6 Å². The van der Waals surface area contributed by atoms with Gasteiger partial charge in [0.05, 0.1) is 11.6 Å². The van der Waals surface area contributed by atoms with Crippen molar-refractivity contribution < 1.29 is 14.6 Å². The summed E-state index contributed by atoms with van der Waals surface area (Å²) in [5, 5.41) is 12.2. The molecule has 0 radical (unpaired) electrons. The molecule has 0 saturated heterocycles. The number of nitrogens with one attached hydrogen (secondary N) is 1. The average Bonchev–Trinajstić information content (AvgIpc) is 2.36. The first kappa shape index (κ1) is 15.8. The predicted octanol–water partition coefficient (Wildman–Crippen LogP) is 2.84. The van der Waals surface area contributed by atoms with Gasteiger partial charge < -0.3 is 15.2 Å². The number of amides is 1. The lowest BCUT2D eigenvalue weighted by molar-refractivity contribution is 0.0906. The van der Waals surface area contributed by atoms with Crippen LogP contribution in [0.3, 0.4) is 0 Å². The molecule has 4 nitrogen and oxygen atoms in total. The van der Waals surface area contributed by atoms with E-state index in [4.69, 9.17) is 16.3 Å². The summed E-state index contributed by atoms with van der Waals surface area (Å²) in [7, 11) is 0.